The first-order valence-corrected chi connectivity index (χ1v) is 5.79. The minimum atomic E-state index is -0.493. The molecule has 0 aliphatic carbocycles. The maximum Gasteiger partial charge on any atom is 0.241 e. The standard InChI is InChI=1S/C13H20N2O2/c1-9(2)6-12(14)13(17)15-11-5-3-4-10(7-11)8-16/h3-5,7,9,12,16H,6,8,14H2,1-2H3,(H,15,17)/t12-/m1/s1. The molecule has 0 saturated carbocycles. The average molecular weight is 236 g/mol. The van der Waals surface area contributed by atoms with Crippen LogP contribution < -0.4 is 11.1 Å². The van der Waals surface area contributed by atoms with Crippen LogP contribution in [0, 0.1) is 5.92 Å². The van der Waals surface area contributed by atoms with Crippen LogP contribution in [-0.2, 0) is 11.4 Å². The smallest absolute Gasteiger partial charge is 0.241 e. The van der Waals surface area contributed by atoms with E-state index in [0.29, 0.717) is 18.0 Å². The predicted octanol–water partition coefficient (Wildman–Crippen LogP) is 1.49. The number of rotatable bonds is 5. The molecule has 0 aromatic heterocycles. The van der Waals surface area contributed by atoms with Crippen molar-refractivity contribution < 1.29 is 9.90 Å². The Bertz CT molecular complexity index is 377. The second kappa shape index (κ2) is 6.37. The van der Waals surface area contributed by atoms with E-state index in [0.717, 1.165) is 5.56 Å². The van der Waals surface area contributed by atoms with Gasteiger partial charge in [-0.3, -0.25) is 4.79 Å². The number of benzene rings is 1. The maximum atomic E-state index is 11.7. The largest absolute Gasteiger partial charge is 0.392 e. The van der Waals surface area contributed by atoms with E-state index >= 15 is 0 Å². The first kappa shape index (κ1) is 13.7. The zero-order valence-electron chi connectivity index (χ0n) is 10.3. The fourth-order valence-corrected chi connectivity index (χ4v) is 1.60. The van der Waals surface area contributed by atoms with Crippen molar-refractivity contribution in [2.45, 2.75) is 32.9 Å². The normalized spacial score (nSPS) is 12.5. The number of nitrogens with two attached hydrogens (primary N) is 1. The van der Waals surface area contributed by atoms with Crippen molar-refractivity contribution in [2.75, 3.05) is 5.32 Å². The van der Waals surface area contributed by atoms with Crippen molar-refractivity contribution in [3.8, 4) is 0 Å². The molecule has 1 amide bonds. The van der Waals surface area contributed by atoms with Gasteiger partial charge in [-0.2, -0.15) is 0 Å². The van der Waals surface area contributed by atoms with E-state index in [9.17, 15) is 4.79 Å². The second-order valence-electron chi connectivity index (χ2n) is 4.58. The van der Waals surface area contributed by atoms with Crippen LogP contribution >= 0.6 is 0 Å². The minimum Gasteiger partial charge on any atom is -0.392 e. The summed E-state index contributed by atoms with van der Waals surface area (Å²) in [6, 6.07) is 6.60. The molecule has 0 heterocycles. The Morgan fingerprint density at radius 1 is 1.47 bits per heavy atom. The molecule has 0 unspecified atom stereocenters. The van der Waals surface area contributed by atoms with E-state index < -0.39 is 6.04 Å². The minimum absolute atomic E-state index is 0.0399. The summed E-state index contributed by atoms with van der Waals surface area (Å²) in [6.45, 7) is 4.01. The lowest BCUT2D eigenvalue weighted by molar-refractivity contribution is -0.117. The molecule has 4 heteroatoms. The van der Waals surface area contributed by atoms with E-state index in [1.54, 1.807) is 24.3 Å². The van der Waals surface area contributed by atoms with Crippen molar-refractivity contribution in [1.82, 2.24) is 0 Å². The lowest BCUT2D eigenvalue weighted by Crippen LogP contribution is -2.36. The number of aliphatic hydroxyl groups excluding tert-OH is 1. The number of hydrogen-bond acceptors (Lipinski definition) is 3. The Morgan fingerprint density at radius 2 is 2.18 bits per heavy atom. The third-order valence-corrected chi connectivity index (χ3v) is 2.44. The highest BCUT2D eigenvalue weighted by Gasteiger charge is 2.14. The Balaban J connectivity index is 2.61. The first-order valence-electron chi connectivity index (χ1n) is 5.79. The molecule has 0 fully saturated rings. The topological polar surface area (TPSA) is 75.4 Å². The van der Waals surface area contributed by atoms with Crippen LogP contribution in [0.2, 0.25) is 0 Å². The van der Waals surface area contributed by atoms with Gasteiger partial charge >= 0.3 is 0 Å². The van der Waals surface area contributed by atoms with Crippen molar-refractivity contribution in [2.24, 2.45) is 11.7 Å². The first-order chi connectivity index (χ1) is 8.02. The van der Waals surface area contributed by atoms with Crippen molar-refractivity contribution in [3.63, 3.8) is 0 Å². The van der Waals surface area contributed by atoms with E-state index in [1.165, 1.54) is 0 Å². The van der Waals surface area contributed by atoms with Crippen molar-refractivity contribution >= 4 is 11.6 Å². The molecule has 1 aromatic rings. The van der Waals surface area contributed by atoms with Gasteiger partial charge in [-0.1, -0.05) is 26.0 Å². The summed E-state index contributed by atoms with van der Waals surface area (Å²) < 4.78 is 0. The molecule has 4 nitrogen and oxygen atoms in total. The van der Waals surface area contributed by atoms with Crippen LogP contribution in [0.5, 0.6) is 0 Å². The quantitative estimate of drug-likeness (QED) is 0.725. The SMILES string of the molecule is CC(C)C[C@@H](N)C(=O)Nc1cccc(CO)c1. The van der Waals surface area contributed by atoms with Crippen molar-refractivity contribution in [3.05, 3.63) is 29.8 Å². The van der Waals surface area contributed by atoms with Crippen LogP contribution in [-0.4, -0.2) is 17.1 Å². The molecule has 0 bridgehead atoms. The summed E-state index contributed by atoms with van der Waals surface area (Å²) in [5.41, 5.74) is 7.21. The van der Waals surface area contributed by atoms with Gasteiger partial charge in [-0.25, -0.2) is 0 Å². The van der Waals surface area contributed by atoms with Gasteiger partial charge in [0, 0.05) is 5.69 Å². The van der Waals surface area contributed by atoms with E-state index in [-0.39, 0.29) is 12.5 Å². The van der Waals surface area contributed by atoms with Gasteiger partial charge in [0.2, 0.25) is 5.91 Å². The molecule has 0 saturated heterocycles. The monoisotopic (exact) mass is 236 g/mol. The Kier molecular flexibility index (Phi) is 5.12. The van der Waals surface area contributed by atoms with E-state index in [2.05, 4.69) is 5.32 Å². The van der Waals surface area contributed by atoms with Gasteiger partial charge in [-0.15, -0.1) is 0 Å². The third kappa shape index (κ3) is 4.54. The molecule has 1 atom stereocenters. The van der Waals surface area contributed by atoms with Gasteiger partial charge in [0.15, 0.2) is 0 Å². The number of aliphatic hydroxyl groups is 1. The zero-order valence-corrected chi connectivity index (χ0v) is 10.3. The van der Waals surface area contributed by atoms with Crippen LogP contribution in [0.15, 0.2) is 24.3 Å². The summed E-state index contributed by atoms with van der Waals surface area (Å²) in [5.74, 6) is 0.202. The maximum absolute atomic E-state index is 11.7. The molecule has 4 N–H and O–H groups in total. The summed E-state index contributed by atoms with van der Waals surface area (Å²) in [5, 5.41) is 11.7. The van der Waals surface area contributed by atoms with Gasteiger partial charge in [0.25, 0.3) is 0 Å². The van der Waals surface area contributed by atoms with Crippen LogP contribution in [0.3, 0.4) is 0 Å². The predicted molar refractivity (Wildman–Crippen MR) is 68.4 cm³/mol. The molecular weight excluding hydrogens is 216 g/mol. The molecule has 0 radical (unpaired) electrons. The van der Waals surface area contributed by atoms with Crippen molar-refractivity contribution in [1.29, 1.82) is 0 Å². The fraction of sp³-hybridized carbons (Fsp3) is 0.462. The highest BCUT2D eigenvalue weighted by molar-refractivity contribution is 5.94. The number of hydrogen-bond donors (Lipinski definition) is 3. The number of carbonyl (C=O) groups is 1. The molecule has 1 aromatic carbocycles. The van der Waals surface area contributed by atoms with Crippen LogP contribution in [0.25, 0.3) is 0 Å². The van der Waals surface area contributed by atoms with Gasteiger partial charge in [0.05, 0.1) is 12.6 Å². The van der Waals surface area contributed by atoms with Gasteiger partial charge in [0.1, 0.15) is 0 Å². The number of carbonyl (C=O) groups excluding carboxylic acids is 1. The Labute approximate surface area is 102 Å². The molecule has 17 heavy (non-hydrogen) atoms. The highest BCUT2D eigenvalue weighted by atomic mass is 16.3. The summed E-state index contributed by atoms with van der Waals surface area (Å²) in [4.78, 5) is 11.7. The highest BCUT2D eigenvalue weighted by Crippen LogP contribution is 2.12. The Morgan fingerprint density at radius 3 is 2.76 bits per heavy atom. The Hall–Kier alpha value is -1.39. The molecule has 0 aliphatic rings. The molecule has 0 spiro atoms. The molecule has 94 valence electrons. The number of nitrogens with one attached hydrogen (secondary N) is 1. The number of amides is 1. The van der Waals surface area contributed by atoms with Gasteiger partial charge in [-0.05, 0) is 30.0 Å². The third-order valence-electron chi connectivity index (χ3n) is 2.44. The summed E-state index contributed by atoms with van der Waals surface area (Å²) in [7, 11) is 0. The summed E-state index contributed by atoms with van der Waals surface area (Å²) in [6.07, 6.45) is 0.658. The fourth-order valence-electron chi connectivity index (χ4n) is 1.60. The molecule has 0 aliphatic heterocycles. The van der Waals surface area contributed by atoms with Crippen LogP contribution in [0.1, 0.15) is 25.8 Å². The summed E-state index contributed by atoms with van der Waals surface area (Å²) >= 11 is 0. The van der Waals surface area contributed by atoms with E-state index in [1.807, 2.05) is 13.8 Å². The zero-order chi connectivity index (χ0) is 12.8. The van der Waals surface area contributed by atoms with Gasteiger partial charge < -0.3 is 16.2 Å². The second-order valence-corrected chi connectivity index (χ2v) is 4.58. The van der Waals surface area contributed by atoms with E-state index in [4.69, 9.17) is 10.8 Å². The number of anilines is 1. The van der Waals surface area contributed by atoms with Crippen LogP contribution in [0.4, 0.5) is 5.69 Å². The molecular formula is C13H20N2O2. The lowest BCUT2D eigenvalue weighted by atomic mass is 10.0. The lowest BCUT2D eigenvalue weighted by Gasteiger charge is -2.14. The molecule has 1 rings (SSSR count). The average Bonchev–Trinajstić information content (AvgIpc) is 2.28.